The average molecular weight is 288 g/mol. The molecule has 2 aliphatic rings. The van der Waals surface area contributed by atoms with E-state index in [-0.39, 0.29) is 23.7 Å². The number of imide groups is 1. The van der Waals surface area contributed by atoms with E-state index in [9.17, 15) is 9.59 Å². The molecule has 0 radical (unpaired) electrons. The Morgan fingerprint density at radius 3 is 2.25 bits per heavy atom. The van der Waals surface area contributed by atoms with Crippen molar-refractivity contribution in [2.24, 2.45) is 17.8 Å². The Bertz CT molecular complexity index is 281. The van der Waals surface area contributed by atoms with E-state index in [2.05, 4.69) is 22.9 Å². The van der Waals surface area contributed by atoms with Crippen LogP contribution in [0.25, 0.3) is 0 Å². The van der Waals surface area contributed by atoms with Crippen molar-refractivity contribution in [2.75, 3.05) is 11.9 Å². The minimum Gasteiger partial charge on any atom is -0.282 e. The van der Waals surface area contributed by atoms with E-state index in [0.717, 1.165) is 31.0 Å². The van der Waals surface area contributed by atoms with Crippen LogP contribution in [0.5, 0.6) is 0 Å². The molecule has 1 saturated carbocycles. The van der Waals surface area contributed by atoms with Crippen molar-refractivity contribution < 1.29 is 9.59 Å². The normalized spacial score (nSPS) is 33.6. The summed E-state index contributed by atoms with van der Waals surface area (Å²) in [6.07, 6.45) is 3.80. The SMILES string of the molecule is CCC1CC2C(=O)N(CCCBr)C(=O)C2C1. The first kappa shape index (κ1) is 12.1. The van der Waals surface area contributed by atoms with Gasteiger partial charge in [0.25, 0.3) is 0 Å². The van der Waals surface area contributed by atoms with Gasteiger partial charge in [-0.25, -0.2) is 0 Å². The smallest absolute Gasteiger partial charge is 0.233 e. The molecule has 90 valence electrons. The molecule has 3 nitrogen and oxygen atoms in total. The van der Waals surface area contributed by atoms with Gasteiger partial charge in [0.1, 0.15) is 0 Å². The molecule has 2 atom stereocenters. The molecule has 4 heteroatoms. The highest BCUT2D eigenvalue weighted by atomic mass is 79.9. The summed E-state index contributed by atoms with van der Waals surface area (Å²) < 4.78 is 0. The van der Waals surface area contributed by atoms with Crippen LogP contribution in [0.4, 0.5) is 0 Å². The minimum absolute atomic E-state index is 0.00720. The van der Waals surface area contributed by atoms with E-state index >= 15 is 0 Å². The molecule has 1 aliphatic carbocycles. The summed E-state index contributed by atoms with van der Waals surface area (Å²) in [5, 5.41) is 0.844. The molecule has 1 saturated heterocycles. The van der Waals surface area contributed by atoms with Crippen LogP contribution < -0.4 is 0 Å². The zero-order valence-corrected chi connectivity index (χ0v) is 11.2. The van der Waals surface area contributed by atoms with Gasteiger partial charge in [0, 0.05) is 11.9 Å². The molecule has 0 aromatic heterocycles. The van der Waals surface area contributed by atoms with Gasteiger partial charge in [0.05, 0.1) is 11.8 Å². The number of amides is 2. The molecule has 2 unspecified atom stereocenters. The number of alkyl halides is 1. The van der Waals surface area contributed by atoms with Crippen molar-refractivity contribution >= 4 is 27.7 Å². The molecular formula is C12H18BrNO2. The summed E-state index contributed by atoms with van der Waals surface area (Å²) in [6, 6.07) is 0. The number of likely N-dealkylation sites (tertiary alicyclic amines) is 1. The fraction of sp³-hybridized carbons (Fsp3) is 0.833. The van der Waals surface area contributed by atoms with Gasteiger partial charge in [-0.05, 0) is 25.2 Å². The van der Waals surface area contributed by atoms with E-state index in [1.54, 1.807) is 0 Å². The number of halogens is 1. The van der Waals surface area contributed by atoms with Gasteiger partial charge >= 0.3 is 0 Å². The Labute approximate surface area is 105 Å². The van der Waals surface area contributed by atoms with Crippen molar-refractivity contribution in [3.05, 3.63) is 0 Å². The fourth-order valence-corrected chi connectivity index (χ4v) is 3.22. The highest BCUT2D eigenvalue weighted by Gasteiger charge is 2.51. The van der Waals surface area contributed by atoms with Crippen LogP contribution in [-0.2, 0) is 9.59 Å². The van der Waals surface area contributed by atoms with E-state index in [1.807, 2.05) is 0 Å². The van der Waals surface area contributed by atoms with E-state index in [0.29, 0.717) is 12.5 Å². The largest absolute Gasteiger partial charge is 0.282 e. The first-order chi connectivity index (χ1) is 7.69. The van der Waals surface area contributed by atoms with Gasteiger partial charge in [0.15, 0.2) is 0 Å². The maximum absolute atomic E-state index is 12.1. The molecule has 2 fully saturated rings. The molecular weight excluding hydrogens is 270 g/mol. The molecule has 1 aliphatic heterocycles. The van der Waals surface area contributed by atoms with Crippen LogP contribution in [0.3, 0.4) is 0 Å². The van der Waals surface area contributed by atoms with Crippen LogP contribution in [0.1, 0.15) is 32.6 Å². The number of hydrogen-bond donors (Lipinski definition) is 0. The Balaban J connectivity index is 2.04. The van der Waals surface area contributed by atoms with Gasteiger partial charge in [-0.2, -0.15) is 0 Å². The summed E-state index contributed by atoms with van der Waals surface area (Å²) in [5.74, 6) is 0.778. The highest BCUT2D eigenvalue weighted by molar-refractivity contribution is 9.09. The van der Waals surface area contributed by atoms with Crippen LogP contribution >= 0.6 is 15.9 Å². The number of carbonyl (C=O) groups excluding carboxylic acids is 2. The molecule has 2 amide bonds. The standard InChI is InChI=1S/C12H18BrNO2/c1-2-8-6-9-10(7-8)12(16)14(11(9)15)5-3-4-13/h8-10H,2-7H2,1H3. The first-order valence-corrected chi connectivity index (χ1v) is 7.22. The van der Waals surface area contributed by atoms with E-state index in [4.69, 9.17) is 0 Å². The summed E-state index contributed by atoms with van der Waals surface area (Å²) >= 11 is 3.33. The Hall–Kier alpha value is -0.380. The van der Waals surface area contributed by atoms with Crippen LogP contribution in [0.15, 0.2) is 0 Å². The predicted octanol–water partition coefficient (Wildman–Crippen LogP) is 2.19. The maximum Gasteiger partial charge on any atom is 0.233 e. The number of rotatable bonds is 4. The molecule has 0 aromatic carbocycles. The number of carbonyl (C=O) groups is 2. The van der Waals surface area contributed by atoms with E-state index < -0.39 is 0 Å². The third-order valence-corrected chi connectivity index (χ3v) is 4.48. The predicted molar refractivity (Wildman–Crippen MR) is 65.1 cm³/mol. The van der Waals surface area contributed by atoms with Crippen molar-refractivity contribution in [3.8, 4) is 0 Å². The summed E-state index contributed by atoms with van der Waals surface area (Å²) in [5.41, 5.74) is 0. The molecule has 0 N–H and O–H groups in total. The summed E-state index contributed by atoms with van der Waals surface area (Å²) in [6.45, 7) is 2.73. The number of fused-ring (bicyclic) bond motifs is 1. The van der Waals surface area contributed by atoms with Gasteiger partial charge < -0.3 is 0 Å². The number of hydrogen-bond acceptors (Lipinski definition) is 2. The topological polar surface area (TPSA) is 37.4 Å². The molecule has 0 spiro atoms. The van der Waals surface area contributed by atoms with Crippen molar-refractivity contribution in [1.82, 2.24) is 4.90 Å². The minimum atomic E-state index is 0.00720. The quantitative estimate of drug-likeness (QED) is 0.587. The lowest BCUT2D eigenvalue weighted by atomic mass is 10.00. The Morgan fingerprint density at radius 1 is 1.25 bits per heavy atom. The second-order valence-corrected chi connectivity index (χ2v) is 5.62. The zero-order valence-electron chi connectivity index (χ0n) is 9.62. The fourth-order valence-electron chi connectivity index (χ4n) is 2.97. The van der Waals surface area contributed by atoms with Gasteiger partial charge in [0.2, 0.25) is 11.8 Å². The van der Waals surface area contributed by atoms with Crippen LogP contribution in [-0.4, -0.2) is 28.6 Å². The molecule has 2 rings (SSSR count). The molecule has 0 aromatic rings. The van der Waals surface area contributed by atoms with Crippen LogP contribution in [0, 0.1) is 17.8 Å². The highest BCUT2D eigenvalue weighted by Crippen LogP contribution is 2.44. The molecule has 16 heavy (non-hydrogen) atoms. The zero-order chi connectivity index (χ0) is 11.7. The van der Waals surface area contributed by atoms with Gasteiger partial charge in [-0.3, -0.25) is 14.5 Å². The second-order valence-electron chi connectivity index (χ2n) is 4.83. The summed E-state index contributed by atoms with van der Waals surface area (Å²) in [4.78, 5) is 25.6. The Morgan fingerprint density at radius 2 is 1.81 bits per heavy atom. The van der Waals surface area contributed by atoms with Crippen molar-refractivity contribution in [1.29, 1.82) is 0 Å². The van der Waals surface area contributed by atoms with Crippen LogP contribution in [0.2, 0.25) is 0 Å². The van der Waals surface area contributed by atoms with Crippen molar-refractivity contribution in [2.45, 2.75) is 32.6 Å². The Kier molecular flexibility index (Phi) is 3.67. The van der Waals surface area contributed by atoms with Crippen molar-refractivity contribution in [3.63, 3.8) is 0 Å². The second kappa shape index (κ2) is 4.86. The third kappa shape index (κ3) is 1.92. The average Bonchev–Trinajstić information content (AvgIpc) is 2.80. The lowest BCUT2D eigenvalue weighted by molar-refractivity contribution is -0.140. The number of nitrogens with zero attached hydrogens (tertiary/aromatic N) is 1. The first-order valence-electron chi connectivity index (χ1n) is 6.10. The van der Waals surface area contributed by atoms with Gasteiger partial charge in [-0.1, -0.05) is 29.3 Å². The maximum atomic E-state index is 12.1. The summed E-state index contributed by atoms with van der Waals surface area (Å²) in [7, 11) is 0. The lowest BCUT2D eigenvalue weighted by Crippen LogP contribution is -2.33. The monoisotopic (exact) mass is 287 g/mol. The van der Waals surface area contributed by atoms with Gasteiger partial charge in [-0.15, -0.1) is 0 Å². The lowest BCUT2D eigenvalue weighted by Gasteiger charge is -2.16. The third-order valence-electron chi connectivity index (χ3n) is 3.92. The van der Waals surface area contributed by atoms with E-state index in [1.165, 1.54) is 4.90 Å². The molecule has 1 heterocycles. The molecule has 0 bridgehead atoms.